The van der Waals surface area contributed by atoms with Crippen molar-refractivity contribution >= 4 is 11.6 Å². The maximum Gasteiger partial charge on any atom is 0.248 e. The first-order valence-corrected chi connectivity index (χ1v) is 6.34. The minimum Gasteiger partial charge on any atom is -0.495 e. The predicted molar refractivity (Wildman–Crippen MR) is 74.0 cm³/mol. The van der Waals surface area contributed by atoms with Gasteiger partial charge in [-0.05, 0) is 12.1 Å². The van der Waals surface area contributed by atoms with Crippen LogP contribution in [0.2, 0.25) is 0 Å². The van der Waals surface area contributed by atoms with Crippen LogP contribution in [0.5, 0.6) is 5.75 Å². The molecule has 1 heterocycles. The lowest BCUT2D eigenvalue weighted by molar-refractivity contribution is -0.122. The van der Waals surface area contributed by atoms with Crippen molar-refractivity contribution in [1.29, 1.82) is 0 Å². The third-order valence-electron chi connectivity index (χ3n) is 3.33. The number of carbonyl (C=O) groups is 1. The first kappa shape index (κ1) is 13.6. The maximum atomic E-state index is 11.2. The smallest absolute Gasteiger partial charge is 0.248 e. The second kappa shape index (κ2) is 6.40. The van der Waals surface area contributed by atoms with Gasteiger partial charge >= 0.3 is 0 Å². The molecule has 0 spiro atoms. The zero-order chi connectivity index (χ0) is 13.7. The quantitative estimate of drug-likeness (QED) is 0.448. The molecule has 0 aromatic heterocycles. The van der Waals surface area contributed by atoms with Gasteiger partial charge in [0.2, 0.25) is 5.91 Å². The topological polar surface area (TPSA) is 70.8 Å². The highest BCUT2D eigenvalue weighted by molar-refractivity contribution is 5.77. The lowest BCUT2D eigenvalue weighted by atomic mass is 10.2. The molecule has 0 aliphatic carbocycles. The molecule has 6 nitrogen and oxygen atoms in total. The Morgan fingerprint density at radius 3 is 2.63 bits per heavy atom. The lowest BCUT2D eigenvalue weighted by Gasteiger charge is -2.36. The summed E-state index contributed by atoms with van der Waals surface area (Å²) in [5, 5.41) is 0. The van der Waals surface area contributed by atoms with Crippen LogP contribution >= 0.6 is 0 Å². The van der Waals surface area contributed by atoms with Gasteiger partial charge in [-0.3, -0.25) is 15.1 Å². The number of rotatable bonds is 4. The number of anilines is 1. The Morgan fingerprint density at radius 1 is 1.32 bits per heavy atom. The van der Waals surface area contributed by atoms with E-state index in [0.29, 0.717) is 6.54 Å². The SMILES string of the molecule is COc1ccccc1N1CCN(CC(=O)NN)CC1. The molecule has 1 fully saturated rings. The number of nitrogens with zero attached hydrogens (tertiary/aromatic N) is 2. The van der Waals surface area contributed by atoms with Crippen LogP contribution in [0.15, 0.2) is 24.3 Å². The number of piperazine rings is 1. The van der Waals surface area contributed by atoms with Crippen LogP contribution < -0.4 is 20.9 Å². The van der Waals surface area contributed by atoms with E-state index in [4.69, 9.17) is 10.6 Å². The number of hydrazine groups is 1. The van der Waals surface area contributed by atoms with Crippen LogP contribution in [0.3, 0.4) is 0 Å². The standard InChI is InChI=1S/C13H20N4O2/c1-19-12-5-3-2-4-11(12)17-8-6-16(7-9-17)10-13(18)15-14/h2-5H,6-10,14H2,1H3,(H,15,18). The van der Waals surface area contributed by atoms with Gasteiger partial charge in [-0.2, -0.15) is 0 Å². The van der Waals surface area contributed by atoms with E-state index in [1.165, 1.54) is 0 Å². The molecule has 1 aromatic rings. The van der Waals surface area contributed by atoms with Crippen molar-refractivity contribution in [3.8, 4) is 5.75 Å². The van der Waals surface area contributed by atoms with E-state index in [1.807, 2.05) is 18.2 Å². The molecule has 0 atom stereocenters. The van der Waals surface area contributed by atoms with Gasteiger partial charge in [-0.15, -0.1) is 0 Å². The highest BCUT2D eigenvalue weighted by Gasteiger charge is 2.20. The molecule has 0 radical (unpaired) electrons. The summed E-state index contributed by atoms with van der Waals surface area (Å²) in [5.41, 5.74) is 3.26. The van der Waals surface area contributed by atoms with Gasteiger partial charge in [0, 0.05) is 26.2 Å². The Hall–Kier alpha value is -1.79. The summed E-state index contributed by atoms with van der Waals surface area (Å²) in [6.45, 7) is 3.78. The number of carbonyl (C=O) groups excluding carboxylic acids is 1. The van der Waals surface area contributed by atoms with Crippen molar-refractivity contribution in [2.45, 2.75) is 0 Å². The molecule has 6 heteroatoms. The van der Waals surface area contributed by atoms with Gasteiger partial charge in [-0.25, -0.2) is 5.84 Å². The molecule has 1 aliphatic heterocycles. The van der Waals surface area contributed by atoms with E-state index >= 15 is 0 Å². The molecule has 1 amide bonds. The maximum absolute atomic E-state index is 11.2. The van der Waals surface area contributed by atoms with E-state index in [-0.39, 0.29) is 5.91 Å². The molecule has 19 heavy (non-hydrogen) atoms. The van der Waals surface area contributed by atoms with Gasteiger partial charge < -0.3 is 9.64 Å². The van der Waals surface area contributed by atoms with Gasteiger partial charge in [0.25, 0.3) is 0 Å². The Morgan fingerprint density at radius 2 is 2.00 bits per heavy atom. The zero-order valence-electron chi connectivity index (χ0n) is 11.1. The number of benzene rings is 1. The summed E-state index contributed by atoms with van der Waals surface area (Å²) in [4.78, 5) is 15.6. The monoisotopic (exact) mass is 264 g/mol. The van der Waals surface area contributed by atoms with Crippen LogP contribution in [-0.2, 0) is 4.79 Å². The second-order valence-corrected chi connectivity index (χ2v) is 4.50. The summed E-state index contributed by atoms with van der Waals surface area (Å²) in [7, 11) is 1.68. The van der Waals surface area contributed by atoms with E-state index in [2.05, 4.69) is 21.3 Å². The molecule has 104 valence electrons. The third-order valence-corrected chi connectivity index (χ3v) is 3.33. The fraction of sp³-hybridized carbons (Fsp3) is 0.462. The lowest BCUT2D eigenvalue weighted by Crippen LogP contribution is -2.50. The van der Waals surface area contributed by atoms with Crippen molar-refractivity contribution in [3.05, 3.63) is 24.3 Å². The minimum atomic E-state index is -0.147. The van der Waals surface area contributed by atoms with Crippen molar-refractivity contribution in [3.63, 3.8) is 0 Å². The molecule has 1 saturated heterocycles. The highest BCUT2D eigenvalue weighted by atomic mass is 16.5. The summed E-state index contributed by atoms with van der Waals surface area (Å²) in [6.07, 6.45) is 0. The van der Waals surface area contributed by atoms with Crippen molar-refractivity contribution in [1.82, 2.24) is 10.3 Å². The van der Waals surface area contributed by atoms with Crippen LogP contribution in [0.1, 0.15) is 0 Å². The van der Waals surface area contributed by atoms with Crippen molar-refractivity contribution < 1.29 is 9.53 Å². The van der Waals surface area contributed by atoms with E-state index < -0.39 is 0 Å². The Balaban J connectivity index is 1.94. The van der Waals surface area contributed by atoms with Gasteiger partial charge in [0.05, 0.1) is 19.3 Å². The summed E-state index contributed by atoms with van der Waals surface area (Å²) in [5.74, 6) is 5.83. The summed E-state index contributed by atoms with van der Waals surface area (Å²) >= 11 is 0. The van der Waals surface area contributed by atoms with Crippen LogP contribution in [0.25, 0.3) is 0 Å². The molecule has 0 unspecified atom stereocenters. The van der Waals surface area contributed by atoms with Gasteiger partial charge in [0.1, 0.15) is 5.75 Å². The van der Waals surface area contributed by atoms with E-state index in [1.54, 1.807) is 7.11 Å². The number of amides is 1. The molecule has 2 rings (SSSR count). The molecule has 1 aromatic carbocycles. The number of para-hydroxylation sites is 2. The summed E-state index contributed by atoms with van der Waals surface area (Å²) in [6, 6.07) is 7.99. The number of methoxy groups -OCH3 is 1. The molecular weight excluding hydrogens is 244 g/mol. The Bertz CT molecular complexity index is 430. The molecule has 0 bridgehead atoms. The van der Waals surface area contributed by atoms with Crippen LogP contribution in [0.4, 0.5) is 5.69 Å². The van der Waals surface area contributed by atoms with Crippen molar-refractivity contribution in [2.24, 2.45) is 5.84 Å². The average Bonchev–Trinajstić information content (AvgIpc) is 2.48. The van der Waals surface area contributed by atoms with Crippen LogP contribution in [-0.4, -0.2) is 50.6 Å². The largest absolute Gasteiger partial charge is 0.495 e. The van der Waals surface area contributed by atoms with Gasteiger partial charge in [-0.1, -0.05) is 12.1 Å². The molecular formula is C13H20N4O2. The number of nitrogens with one attached hydrogen (secondary N) is 1. The molecule has 3 N–H and O–H groups in total. The number of hydrogen-bond donors (Lipinski definition) is 2. The average molecular weight is 264 g/mol. The zero-order valence-corrected chi connectivity index (χ0v) is 11.1. The predicted octanol–water partition coefficient (Wildman–Crippen LogP) is -0.193. The van der Waals surface area contributed by atoms with Crippen LogP contribution in [0, 0.1) is 0 Å². The Kier molecular flexibility index (Phi) is 4.59. The normalized spacial score (nSPS) is 16.2. The molecule has 1 aliphatic rings. The first-order chi connectivity index (χ1) is 9.24. The van der Waals surface area contributed by atoms with E-state index in [0.717, 1.165) is 37.6 Å². The number of nitrogens with two attached hydrogens (primary N) is 1. The minimum absolute atomic E-state index is 0.147. The summed E-state index contributed by atoms with van der Waals surface area (Å²) < 4.78 is 5.37. The molecule has 0 saturated carbocycles. The third kappa shape index (κ3) is 3.36. The fourth-order valence-electron chi connectivity index (χ4n) is 2.29. The fourth-order valence-corrected chi connectivity index (χ4v) is 2.29. The van der Waals surface area contributed by atoms with E-state index in [9.17, 15) is 4.79 Å². The van der Waals surface area contributed by atoms with Gasteiger partial charge in [0.15, 0.2) is 0 Å². The number of ether oxygens (including phenoxy) is 1. The highest BCUT2D eigenvalue weighted by Crippen LogP contribution is 2.28. The number of hydrogen-bond acceptors (Lipinski definition) is 5. The first-order valence-electron chi connectivity index (χ1n) is 6.34. The van der Waals surface area contributed by atoms with Crippen molar-refractivity contribution in [2.75, 3.05) is 44.7 Å². The Labute approximate surface area is 113 Å². The second-order valence-electron chi connectivity index (χ2n) is 4.50.